The molecule has 8 heteroatoms. The van der Waals surface area contributed by atoms with E-state index in [-0.39, 0.29) is 22.5 Å². The monoisotopic (exact) mass is 583 g/mol. The van der Waals surface area contributed by atoms with E-state index in [1.165, 1.54) is 18.2 Å². The second-order valence-corrected chi connectivity index (χ2v) is 10.7. The highest BCUT2D eigenvalue weighted by atomic mass is 35.5. The molecule has 3 nitrogen and oxygen atoms in total. The van der Waals surface area contributed by atoms with Crippen LogP contribution < -0.4 is 5.32 Å². The molecule has 3 aromatic carbocycles. The molecule has 1 heterocycles. The SMILES string of the molecule is CC/C(=C(\C1=C(Cl)c2ccccc2CC2CNC12)c1ccc(/C=C/C(=O)O)cc1)c1ccc(Cl)cc1C(F)(F)F. The number of carbonyl (C=O) groups is 1. The van der Waals surface area contributed by atoms with Crippen LogP contribution in [0.5, 0.6) is 0 Å². The van der Waals surface area contributed by atoms with Gasteiger partial charge in [-0.3, -0.25) is 0 Å². The van der Waals surface area contributed by atoms with E-state index in [9.17, 15) is 18.0 Å². The summed E-state index contributed by atoms with van der Waals surface area (Å²) >= 11 is 13.2. The van der Waals surface area contributed by atoms with Crippen LogP contribution in [-0.4, -0.2) is 23.7 Å². The number of hydrogen-bond donors (Lipinski definition) is 2. The molecular weight excluding hydrogens is 558 g/mol. The number of alkyl halides is 3. The lowest BCUT2D eigenvalue weighted by molar-refractivity contribution is -0.137. The van der Waals surface area contributed by atoms with Crippen molar-refractivity contribution in [3.63, 3.8) is 0 Å². The van der Waals surface area contributed by atoms with Gasteiger partial charge in [0.15, 0.2) is 0 Å². The smallest absolute Gasteiger partial charge is 0.417 e. The minimum Gasteiger partial charge on any atom is -0.478 e. The fraction of sp³-hybridized carbons (Fsp3) is 0.219. The Balaban J connectivity index is 1.83. The standard InChI is InChI=1S/C32H26Cl2F3NO2/c1-2-23(25-13-12-22(33)16-26(25)32(35,36)37)28(19-10-7-18(8-11-19)9-14-27(39)40)29-30(34)24-6-4-3-5-20(24)15-21-17-38-31(21)29/h3-14,16,21,31,38H,2,15,17H2,1H3,(H,39,40)/b14-9+,28-23+. The van der Waals surface area contributed by atoms with E-state index in [2.05, 4.69) is 5.32 Å². The number of carboxylic acids is 1. The van der Waals surface area contributed by atoms with E-state index < -0.39 is 17.7 Å². The molecule has 0 bridgehead atoms. The number of benzene rings is 3. The van der Waals surface area contributed by atoms with Crippen molar-refractivity contribution in [1.29, 1.82) is 0 Å². The molecule has 0 radical (unpaired) electrons. The molecule has 1 aliphatic heterocycles. The van der Waals surface area contributed by atoms with Gasteiger partial charge in [0.1, 0.15) is 0 Å². The molecule has 1 saturated heterocycles. The summed E-state index contributed by atoms with van der Waals surface area (Å²) in [6, 6.07) is 18.7. The first-order valence-corrected chi connectivity index (χ1v) is 13.7. The van der Waals surface area contributed by atoms with Gasteiger partial charge in [-0.15, -0.1) is 0 Å². The molecular formula is C32H26Cl2F3NO2. The van der Waals surface area contributed by atoms with Crippen molar-refractivity contribution in [1.82, 2.24) is 5.32 Å². The average Bonchev–Trinajstić information content (AvgIpc) is 2.99. The fourth-order valence-corrected chi connectivity index (χ4v) is 6.18. The van der Waals surface area contributed by atoms with E-state index in [0.717, 1.165) is 41.8 Å². The molecule has 40 heavy (non-hydrogen) atoms. The Bertz CT molecular complexity index is 1560. The predicted molar refractivity (Wildman–Crippen MR) is 155 cm³/mol. The number of carboxylic acid groups (broad SMARTS) is 1. The van der Waals surface area contributed by atoms with Crippen LogP contribution in [0.3, 0.4) is 0 Å². The lowest BCUT2D eigenvalue weighted by Crippen LogP contribution is -2.54. The average molecular weight is 584 g/mol. The molecule has 206 valence electrons. The van der Waals surface area contributed by atoms with Gasteiger partial charge in [-0.05, 0) is 81.5 Å². The third-order valence-electron chi connectivity index (χ3n) is 7.51. The third kappa shape index (κ3) is 5.49. The number of fused-ring (bicyclic) bond motifs is 2. The van der Waals surface area contributed by atoms with Crippen molar-refractivity contribution in [2.75, 3.05) is 6.54 Å². The summed E-state index contributed by atoms with van der Waals surface area (Å²) < 4.78 is 43.0. The van der Waals surface area contributed by atoms with Crippen molar-refractivity contribution >= 4 is 51.4 Å². The second kappa shape index (κ2) is 11.3. The van der Waals surface area contributed by atoms with E-state index >= 15 is 0 Å². The van der Waals surface area contributed by atoms with Gasteiger partial charge < -0.3 is 10.4 Å². The van der Waals surface area contributed by atoms with Crippen LogP contribution in [0.4, 0.5) is 13.2 Å². The number of halogens is 5. The first-order valence-electron chi connectivity index (χ1n) is 12.9. The molecule has 2 aliphatic rings. The Hall–Kier alpha value is -3.32. The van der Waals surface area contributed by atoms with E-state index in [1.54, 1.807) is 24.3 Å². The van der Waals surface area contributed by atoms with Crippen molar-refractivity contribution in [2.24, 2.45) is 5.92 Å². The van der Waals surface area contributed by atoms with Gasteiger partial charge in [0.2, 0.25) is 0 Å². The number of nitrogens with one attached hydrogen (secondary N) is 1. The summed E-state index contributed by atoms with van der Waals surface area (Å²) in [4.78, 5) is 11.0. The molecule has 2 unspecified atom stereocenters. The Labute approximate surface area is 240 Å². The molecule has 0 aromatic heterocycles. The molecule has 1 fully saturated rings. The summed E-state index contributed by atoms with van der Waals surface area (Å²) in [6.07, 6.45) is -1.02. The number of aliphatic carboxylic acids is 1. The van der Waals surface area contributed by atoms with Gasteiger partial charge in [-0.2, -0.15) is 13.2 Å². The summed E-state index contributed by atoms with van der Waals surface area (Å²) in [5.74, 6) is -0.845. The highest BCUT2D eigenvalue weighted by molar-refractivity contribution is 6.50. The van der Waals surface area contributed by atoms with Gasteiger partial charge in [-0.1, -0.05) is 84.7 Å². The first-order chi connectivity index (χ1) is 19.1. The third-order valence-corrected chi connectivity index (χ3v) is 8.15. The Morgan fingerprint density at radius 3 is 2.42 bits per heavy atom. The van der Waals surface area contributed by atoms with Crippen LogP contribution in [0.1, 0.15) is 46.7 Å². The van der Waals surface area contributed by atoms with Crippen LogP contribution in [0.25, 0.3) is 22.3 Å². The first kappa shape index (κ1) is 28.2. The van der Waals surface area contributed by atoms with Gasteiger partial charge >= 0.3 is 12.1 Å². The van der Waals surface area contributed by atoms with Crippen molar-refractivity contribution in [3.05, 3.63) is 117 Å². The maximum absolute atomic E-state index is 14.3. The van der Waals surface area contributed by atoms with Crippen LogP contribution >= 0.6 is 23.2 Å². The van der Waals surface area contributed by atoms with Crippen LogP contribution in [0.15, 0.2) is 78.4 Å². The van der Waals surface area contributed by atoms with E-state index in [4.69, 9.17) is 28.3 Å². The highest BCUT2D eigenvalue weighted by Crippen LogP contribution is 2.48. The maximum atomic E-state index is 14.3. The topological polar surface area (TPSA) is 49.3 Å². The van der Waals surface area contributed by atoms with Crippen molar-refractivity contribution in [2.45, 2.75) is 32.0 Å². The minimum atomic E-state index is -4.62. The quantitative estimate of drug-likeness (QED) is 0.226. The molecule has 5 rings (SSSR count). The summed E-state index contributed by atoms with van der Waals surface area (Å²) in [6.45, 7) is 2.61. The zero-order chi connectivity index (χ0) is 28.6. The second-order valence-electron chi connectivity index (χ2n) is 9.92. The van der Waals surface area contributed by atoms with E-state index in [0.29, 0.717) is 33.7 Å². The maximum Gasteiger partial charge on any atom is 0.417 e. The van der Waals surface area contributed by atoms with E-state index in [1.807, 2.05) is 31.2 Å². The highest BCUT2D eigenvalue weighted by Gasteiger charge is 2.41. The Morgan fingerprint density at radius 2 is 1.80 bits per heavy atom. The predicted octanol–water partition coefficient (Wildman–Crippen LogP) is 8.57. The molecule has 0 saturated carbocycles. The summed E-state index contributed by atoms with van der Waals surface area (Å²) in [5.41, 5.74) is 4.45. The normalized spacial score (nSPS) is 19.4. The van der Waals surface area contributed by atoms with Gasteiger partial charge in [0.25, 0.3) is 0 Å². The largest absolute Gasteiger partial charge is 0.478 e. The number of hydrogen-bond acceptors (Lipinski definition) is 2. The molecule has 0 spiro atoms. The Morgan fingerprint density at radius 1 is 1.07 bits per heavy atom. The lowest BCUT2D eigenvalue weighted by Gasteiger charge is -2.40. The minimum absolute atomic E-state index is 0.00372. The van der Waals surface area contributed by atoms with Gasteiger partial charge in [0.05, 0.1) is 10.6 Å². The molecule has 2 atom stereocenters. The zero-order valence-corrected chi connectivity index (χ0v) is 23.0. The lowest BCUT2D eigenvalue weighted by atomic mass is 9.76. The van der Waals surface area contributed by atoms with Crippen molar-refractivity contribution < 1.29 is 23.1 Å². The Kier molecular flexibility index (Phi) is 7.96. The fourth-order valence-electron chi connectivity index (χ4n) is 5.61. The number of allylic oxidation sites excluding steroid dienone is 1. The van der Waals surface area contributed by atoms with Crippen LogP contribution in [0.2, 0.25) is 5.02 Å². The van der Waals surface area contributed by atoms with Gasteiger partial charge in [-0.25, -0.2) is 4.79 Å². The van der Waals surface area contributed by atoms with Crippen molar-refractivity contribution in [3.8, 4) is 0 Å². The molecule has 0 amide bonds. The molecule has 2 N–H and O–H groups in total. The van der Waals surface area contributed by atoms with Crippen LogP contribution in [-0.2, 0) is 17.4 Å². The molecule has 1 aliphatic carbocycles. The molecule has 3 aromatic rings. The summed E-state index contributed by atoms with van der Waals surface area (Å²) in [7, 11) is 0. The van der Waals surface area contributed by atoms with Crippen LogP contribution in [0, 0.1) is 5.92 Å². The van der Waals surface area contributed by atoms with Gasteiger partial charge in [0, 0.05) is 23.7 Å². The number of rotatable bonds is 6. The summed E-state index contributed by atoms with van der Waals surface area (Å²) in [5, 5.41) is 13.0. The zero-order valence-electron chi connectivity index (χ0n) is 21.5.